The van der Waals surface area contributed by atoms with Gasteiger partial charge in [-0.3, -0.25) is 0 Å². The Morgan fingerprint density at radius 3 is 1.96 bits per heavy atom. The van der Waals surface area contributed by atoms with Gasteiger partial charge in [0.25, 0.3) is 0 Å². The molecule has 26 heavy (non-hydrogen) atoms. The van der Waals surface area contributed by atoms with Gasteiger partial charge in [0, 0.05) is 22.8 Å². The van der Waals surface area contributed by atoms with Gasteiger partial charge in [-0.2, -0.15) is 0 Å². The number of hydrogen-bond acceptors (Lipinski definition) is 4. The Morgan fingerprint density at radius 2 is 1.35 bits per heavy atom. The van der Waals surface area contributed by atoms with Crippen molar-refractivity contribution < 1.29 is 18.9 Å². The van der Waals surface area contributed by atoms with Gasteiger partial charge in [-0.15, -0.1) is 0 Å². The third-order valence-corrected chi connectivity index (χ3v) is 4.23. The SMILES string of the molecule is COc1ccc(-c2[c]ccc(-c3ccc(OC)cc3OC)c2OC)cc1. The number of methoxy groups -OCH3 is 4. The van der Waals surface area contributed by atoms with Gasteiger partial charge in [-0.25, -0.2) is 0 Å². The van der Waals surface area contributed by atoms with Crippen molar-refractivity contribution in [2.45, 2.75) is 0 Å². The molecule has 0 aromatic heterocycles. The van der Waals surface area contributed by atoms with Crippen molar-refractivity contribution in [3.8, 4) is 45.3 Å². The van der Waals surface area contributed by atoms with Gasteiger partial charge in [0.2, 0.25) is 0 Å². The van der Waals surface area contributed by atoms with Crippen LogP contribution in [0.3, 0.4) is 0 Å². The molecule has 0 aliphatic rings. The number of ether oxygens (including phenoxy) is 4. The molecule has 0 aliphatic carbocycles. The lowest BCUT2D eigenvalue weighted by Crippen LogP contribution is -1.95. The van der Waals surface area contributed by atoms with E-state index in [0.717, 1.165) is 45.3 Å². The number of hydrogen-bond donors (Lipinski definition) is 0. The molecule has 0 amide bonds. The van der Waals surface area contributed by atoms with E-state index in [1.54, 1.807) is 28.4 Å². The molecular weight excluding hydrogens is 328 g/mol. The summed E-state index contributed by atoms with van der Waals surface area (Å²) in [5.74, 6) is 3.00. The summed E-state index contributed by atoms with van der Waals surface area (Å²) < 4.78 is 21.8. The first-order chi connectivity index (χ1) is 12.7. The largest absolute Gasteiger partial charge is 0.497 e. The molecule has 3 aromatic carbocycles. The summed E-state index contributed by atoms with van der Waals surface area (Å²) in [4.78, 5) is 0. The van der Waals surface area contributed by atoms with Crippen LogP contribution in [0.15, 0.2) is 54.6 Å². The van der Waals surface area contributed by atoms with Crippen molar-refractivity contribution in [2.24, 2.45) is 0 Å². The molecule has 4 nitrogen and oxygen atoms in total. The summed E-state index contributed by atoms with van der Waals surface area (Å²) in [5.41, 5.74) is 3.73. The predicted molar refractivity (Wildman–Crippen MR) is 102 cm³/mol. The van der Waals surface area contributed by atoms with Crippen molar-refractivity contribution in [3.05, 3.63) is 60.7 Å². The second kappa shape index (κ2) is 7.83. The maximum Gasteiger partial charge on any atom is 0.135 e. The van der Waals surface area contributed by atoms with E-state index in [0.29, 0.717) is 0 Å². The Hall–Kier alpha value is -3.14. The van der Waals surface area contributed by atoms with Gasteiger partial charge < -0.3 is 18.9 Å². The van der Waals surface area contributed by atoms with Crippen LogP contribution in [0.1, 0.15) is 0 Å². The molecule has 0 unspecified atom stereocenters. The van der Waals surface area contributed by atoms with Crippen molar-refractivity contribution in [3.63, 3.8) is 0 Å². The predicted octanol–water partition coefficient (Wildman–Crippen LogP) is 4.86. The summed E-state index contributed by atoms with van der Waals surface area (Å²) in [6.07, 6.45) is 0. The van der Waals surface area contributed by atoms with Crippen LogP contribution >= 0.6 is 0 Å². The lowest BCUT2D eigenvalue weighted by atomic mass is 9.96. The van der Waals surface area contributed by atoms with Crippen molar-refractivity contribution >= 4 is 0 Å². The molecule has 4 heteroatoms. The highest BCUT2D eigenvalue weighted by Gasteiger charge is 2.16. The van der Waals surface area contributed by atoms with Crippen LogP contribution < -0.4 is 18.9 Å². The molecule has 3 aromatic rings. The van der Waals surface area contributed by atoms with Crippen molar-refractivity contribution in [2.75, 3.05) is 28.4 Å². The van der Waals surface area contributed by atoms with E-state index in [4.69, 9.17) is 18.9 Å². The van der Waals surface area contributed by atoms with E-state index in [-0.39, 0.29) is 0 Å². The first-order valence-corrected chi connectivity index (χ1v) is 8.17. The first-order valence-electron chi connectivity index (χ1n) is 8.17. The molecule has 3 rings (SSSR count). The van der Waals surface area contributed by atoms with Gasteiger partial charge in [0.05, 0.1) is 28.4 Å². The van der Waals surface area contributed by atoms with E-state index in [1.165, 1.54) is 0 Å². The molecule has 0 bridgehead atoms. The highest BCUT2D eigenvalue weighted by Crippen LogP contribution is 2.43. The summed E-state index contributed by atoms with van der Waals surface area (Å²) in [6, 6.07) is 20.7. The average Bonchev–Trinajstić information content (AvgIpc) is 2.72. The van der Waals surface area contributed by atoms with Crippen LogP contribution in [0.25, 0.3) is 22.3 Å². The highest BCUT2D eigenvalue weighted by atomic mass is 16.5. The first kappa shape index (κ1) is 17.7. The Kier molecular flexibility index (Phi) is 5.32. The zero-order chi connectivity index (χ0) is 18.5. The Balaban J connectivity index is 2.15. The van der Waals surface area contributed by atoms with Gasteiger partial charge in [-0.05, 0) is 42.0 Å². The lowest BCUT2D eigenvalue weighted by molar-refractivity contribution is 0.394. The van der Waals surface area contributed by atoms with Gasteiger partial charge in [0.15, 0.2) is 0 Å². The van der Waals surface area contributed by atoms with E-state index in [9.17, 15) is 0 Å². The van der Waals surface area contributed by atoms with E-state index >= 15 is 0 Å². The van der Waals surface area contributed by atoms with E-state index < -0.39 is 0 Å². The zero-order valence-electron chi connectivity index (χ0n) is 15.3. The van der Waals surface area contributed by atoms with Crippen LogP contribution in [-0.2, 0) is 0 Å². The fourth-order valence-electron chi connectivity index (χ4n) is 2.90. The quantitative estimate of drug-likeness (QED) is 0.637. The van der Waals surface area contributed by atoms with Gasteiger partial charge in [0.1, 0.15) is 23.0 Å². The maximum atomic E-state index is 5.75. The molecule has 0 atom stereocenters. The molecule has 0 fully saturated rings. The zero-order valence-corrected chi connectivity index (χ0v) is 15.3. The minimum Gasteiger partial charge on any atom is -0.497 e. The maximum absolute atomic E-state index is 5.75. The van der Waals surface area contributed by atoms with Crippen LogP contribution in [0.2, 0.25) is 0 Å². The second-order valence-electron chi connectivity index (χ2n) is 5.59. The number of rotatable bonds is 6. The van der Waals surface area contributed by atoms with Crippen LogP contribution in [0, 0.1) is 6.07 Å². The van der Waals surface area contributed by atoms with Crippen LogP contribution in [0.5, 0.6) is 23.0 Å². The average molecular weight is 349 g/mol. The molecule has 0 saturated carbocycles. The van der Waals surface area contributed by atoms with E-state index in [1.807, 2.05) is 54.6 Å². The third kappa shape index (κ3) is 3.31. The smallest absolute Gasteiger partial charge is 0.135 e. The standard InChI is InChI=1S/C22H21O4/c1-23-16-10-8-15(9-11-16)18-6-5-7-20(22(18)26-4)19-13-12-17(24-2)14-21(19)25-3/h5,7-14H,1-4H3. The summed E-state index contributed by atoms with van der Waals surface area (Å²) >= 11 is 0. The fourth-order valence-corrected chi connectivity index (χ4v) is 2.90. The molecule has 1 radical (unpaired) electrons. The molecule has 0 aliphatic heterocycles. The number of benzene rings is 3. The monoisotopic (exact) mass is 349 g/mol. The summed E-state index contributed by atoms with van der Waals surface area (Å²) in [7, 11) is 6.59. The fraction of sp³-hybridized carbons (Fsp3) is 0.182. The van der Waals surface area contributed by atoms with E-state index in [2.05, 4.69) is 6.07 Å². The molecule has 0 saturated heterocycles. The Bertz CT molecular complexity index is 885. The minimum atomic E-state index is 0.717. The molecule has 0 heterocycles. The van der Waals surface area contributed by atoms with Crippen LogP contribution in [-0.4, -0.2) is 28.4 Å². The molecule has 0 N–H and O–H groups in total. The second-order valence-corrected chi connectivity index (χ2v) is 5.59. The van der Waals surface area contributed by atoms with Crippen molar-refractivity contribution in [1.82, 2.24) is 0 Å². The molecule has 133 valence electrons. The van der Waals surface area contributed by atoms with Gasteiger partial charge in [-0.1, -0.05) is 18.2 Å². The summed E-state index contributed by atoms with van der Waals surface area (Å²) in [5, 5.41) is 0. The topological polar surface area (TPSA) is 36.9 Å². The Labute approximate surface area is 153 Å². The van der Waals surface area contributed by atoms with Crippen LogP contribution in [0.4, 0.5) is 0 Å². The Morgan fingerprint density at radius 1 is 0.654 bits per heavy atom. The minimum absolute atomic E-state index is 0.717. The summed E-state index contributed by atoms with van der Waals surface area (Å²) in [6.45, 7) is 0. The molecule has 0 spiro atoms. The van der Waals surface area contributed by atoms with Gasteiger partial charge >= 0.3 is 0 Å². The van der Waals surface area contributed by atoms with Crippen molar-refractivity contribution in [1.29, 1.82) is 0 Å². The normalized spacial score (nSPS) is 10.3. The third-order valence-electron chi connectivity index (χ3n) is 4.23. The molecular formula is C22H21O4. The highest BCUT2D eigenvalue weighted by molar-refractivity contribution is 5.84. The lowest BCUT2D eigenvalue weighted by Gasteiger charge is -2.16.